The van der Waals surface area contributed by atoms with Crippen LogP contribution in [0.1, 0.15) is 5.69 Å². The highest BCUT2D eigenvalue weighted by molar-refractivity contribution is 6.29. The Kier molecular flexibility index (Phi) is 2.87. The minimum absolute atomic E-state index is 0.487. The van der Waals surface area contributed by atoms with E-state index in [1.165, 1.54) is 0 Å². The van der Waals surface area contributed by atoms with Crippen LogP contribution in [0.3, 0.4) is 0 Å². The van der Waals surface area contributed by atoms with E-state index in [0.717, 1.165) is 11.5 Å². The molecule has 0 saturated heterocycles. The summed E-state index contributed by atoms with van der Waals surface area (Å²) in [6.07, 6.45) is 1.91. The number of nitrogens with zero attached hydrogens (tertiary/aromatic N) is 3. The Bertz CT molecular complexity index is 452. The third kappa shape index (κ3) is 2.70. The summed E-state index contributed by atoms with van der Waals surface area (Å²) in [7, 11) is 1.89. The molecule has 0 amide bonds. The summed E-state index contributed by atoms with van der Waals surface area (Å²) in [5, 5.41) is 7.87. The van der Waals surface area contributed by atoms with Crippen molar-refractivity contribution >= 4 is 17.4 Å². The minimum atomic E-state index is 0.487. The molecule has 0 unspecified atom stereocenters. The van der Waals surface area contributed by atoms with Gasteiger partial charge in [-0.25, -0.2) is 4.98 Å². The molecule has 15 heavy (non-hydrogen) atoms. The first kappa shape index (κ1) is 9.98. The molecule has 78 valence electrons. The van der Waals surface area contributed by atoms with E-state index < -0.39 is 0 Å². The summed E-state index contributed by atoms with van der Waals surface area (Å²) < 4.78 is 1.77. The summed E-state index contributed by atoms with van der Waals surface area (Å²) in [4.78, 5) is 4.11. The van der Waals surface area contributed by atoms with Crippen molar-refractivity contribution in [2.24, 2.45) is 7.05 Å². The third-order valence-electron chi connectivity index (χ3n) is 1.93. The highest BCUT2D eigenvalue weighted by atomic mass is 35.5. The van der Waals surface area contributed by atoms with Crippen LogP contribution in [0.5, 0.6) is 0 Å². The summed E-state index contributed by atoms with van der Waals surface area (Å²) in [6.45, 7) is 0.647. The molecule has 2 heterocycles. The number of hydrogen-bond donors (Lipinski definition) is 1. The molecular weight excluding hydrogens is 212 g/mol. The van der Waals surface area contributed by atoms with Crippen molar-refractivity contribution in [2.75, 3.05) is 5.32 Å². The molecule has 0 aliphatic heterocycles. The van der Waals surface area contributed by atoms with Crippen LogP contribution in [0.15, 0.2) is 30.5 Å². The molecule has 2 rings (SSSR count). The van der Waals surface area contributed by atoms with Crippen molar-refractivity contribution in [1.29, 1.82) is 0 Å². The van der Waals surface area contributed by atoms with Crippen molar-refractivity contribution in [3.8, 4) is 0 Å². The van der Waals surface area contributed by atoms with Crippen LogP contribution in [0, 0.1) is 0 Å². The quantitative estimate of drug-likeness (QED) is 0.809. The van der Waals surface area contributed by atoms with E-state index in [2.05, 4.69) is 15.4 Å². The first-order valence-electron chi connectivity index (χ1n) is 4.59. The number of pyridine rings is 1. The minimum Gasteiger partial charge on any atom is -0.364 e. The van der Waals surface area contributed by atoms with E-state index >= 15 is 0 Å². The molecule has 0 radical (unpaired) electrons. The summed E-state index contributed by atoms with van der Waals surface area (Å²) in [5.74, 6) is 0.758. The number of rotatable bonds is 3. The second-order valence-electron chi connectivity index (χ2n) is 3.18. The molecule has 4 nitrogen and oxygen atoms in total. The smallest absolute Gasteiger partial charge is 0.131 e. The van der Waals surface area contributed by atoms with Gasteiger partial charge in [0.1, 0.15) is 11.0 Å². The van der Waals surface area contributed by atoms with Gasteiger partial charge in [-0.15, -0.1) is 0 Å². The van der Waals surface area contributed by atoms with Crippen molar-refractivity contribution in [2.45, 2.75) is 6.54 Å². The van der Waals surface area contributed by atoms with Gasteiger partial charge in [0.15, 0.2) is 0 Å². The second kappa shape index (κ2) is 4.31. The lowest BCUT2D eigenvalue weighted by Crippen LogP contribution is -2.02. The van der Waals surface area contributed by atoms with Gasteiger partial charge in [0.2, 0.25) is 0 Å². The van der Waals surface area contributed by atoms with Crippen molar-refractivity contribution in [3.05, 3.63) is 41.3 Å². The SMILES string of the molecule is Cn1ccc(CNc2cccc(Cl)n2)n1. The van der Waals surface area contributed by atoms with Crippen LogP contribution in [-0.2, 0) is 13.6 Å². The fourth-order valence-electron chi connectivity index (χ4n) is 1.25. The topological polar surface area (TPSA) is 42.7 Å². The van der Waals surface area contributed by atoms with Crippen molar-refractivity contribution < 1.29 is 0 Å². The van der Waals surface area contributed by atoms with Crippen molar-refractivity contribution in [1.82, 2.24) is 14.8 Å². The second-order valence-corrected chi connectivity index (χ2v) is 3.57. The zero-order valence-corrected chi connectivity index (χ0v) is 9.07. The maximum Gasteiger partial charge on any atom is 0.131 e. The van der Waals surface area contributed by atoms with E-state index in [4.69, 9.17) is 11.6 Å². The zero-order valence-electron chi connectivity index (χ0n) is 8.31. The van der Waals surface area contributed by atoms with Crippen molar-refractivity contribution in [3.63, 3.8) is 0 Å². The Labute approximate surface area is 92.9 Å². The highest BCUT2D eigenvalue weighted by Gasteiger charge is 1.98. The monoisotopic (exact) mass is 222 g/mol. The average Bonchev–Trinajstić information content (AvgIpc) is 2.62. The van der Waals surface area contributed by atoms with Crippen LogP contribution in [0.2, 0.25) is 5.15 Å². The van der Waals surface area contributed by atoms with Gasteiger partial charge in [-0.2, -0.15) is 5.10 Å². The Morgan fingerprint density at radius 2 is 2.27 bits per heavy atom. The molecule has 0 bridgehead atoms. The molecule has 5 heteroatoms. The molecule has 2 aromatic rings. The van der Waals surface area contributed by atoms with Crippen LogP contribution in [-0.4, -0.2) is 14.8 Å². The van der Waals surface area contributed by atoms with Gasteiger partial charge in [-0.1, -0.05) is 17.7 Å². The number of nitrogens with one attached hydrogen (secondary N) is 1. The lowest BCUT2D eigenvalue weighted by Gasteiger charge is -2.02. The molecule has 0 spiro atoms. The van der Waals surface area contributed by atoms with Crippen LogP contribution in [0.25, 0.3) is 0 Å². The normalized spacial score (nSPS) is 10.3. The standard InChI is InChI=1S/C10H11ClN4/c1-15-6-5-8(14-15)7-12-10-4-2-3-9(11)13-10/h2-6H,7H2,1H3,(H,12,13). The van der Waals surface area contributed by atoms with E-state index in [-0.39, 0.29) is 0 Å². The maximum atomic E-state index is 5.76. The zero-order chi connectivity index (χ0) is 10.7. The Hall–Kier alpha value is -1.55. The molecule has 0 aromatic carbocycles. The molecule has 0 aliphatic rings. The molecular formula is C10H11ClN4. The lowest BCUT2D eigenvalue weighted by molar-refractivity contribution is 0.747. The summed E-state index contributed by atoms with van der Waals surface area (Å²) in [5.41, 5.74) is 0.972. The first-order valence-corrected chi connectivity index (χ1v) is 4.97. The Morgan fingerprint density at radius 1 is 1.40 bits per heavy atom. The molecule has 1 N–H and O–H groups in total. The highest BCUT2D eigenvalue weighted by Crippen LogP contribution is 2.09. The molecule has 0 aliphatic carbocycles. The van der Waals surface area contributed by atoms with Crippen LogP contribution >= 0.6 is 11.6 Å². The maximum absolute atomic E-state index is 5.76. The van der Waals surface area contributed by atoms with Gasteiger partial charge in [0.25, 0.3) is 0 Å². The number of hydrogen-bond acceptors (Lipinski definition) is 3. The summed E-state index contributed by atoms with van der Waals surface area (Å²) in [6, 6.07) is 7.43. The molecule has 0 atom stereocenters. The van der Waals surface area contributed by atoms with E-state index in [1.807, 2.05) is 31.4 Å². The summed E-state index contributed by atoms with van der Waals surface area (Å²) >= 11 is 5.76. The number of aromatic nitrogens is 3. The average molecular weight is 223 g/mol. The number of anilines is 1. The van der Waals surface area contributed by atoms with Gasteiger partial charge in [-0.05, 0) is 18.2 Å². The van der Waals surface area contributed by atoms with Gasteiger partial charge in [0, 0.05) is 13.2 Å². The lowest BCUT2D eigenvalue weighted by atomic mass is 10.4. The van der Waals surface area contributed by atoms with Gasteiger partial charge in [0.05, 0.1) is 12.2 Å². The Balaban J connectivity index is 1.99. The predicted molar refractivity (Wildman–Crippen MR) is 59.8 cm³/mol. The van der Waals surface area contributed by atoms with Crippen LogP contribution in [0.4, 0.5) is 5.82 Å². The van der Waals surface area contributed by atoms with E-state index in [0.29, 0.717) is 11.7 Å². The molecule has 2 aromatic heterocycles. The van der Waals surface area contributed by atoms with E-state index in [1.54, 1.807) is 10.7 Å². The Morgan fingerprint density at radius 3 is 2.93 bits per heavy atom. The first-order chi connectivity index (χ1) is 7.24. The third-order valence-corrected chi connectivity index (χ3v) is 2.15. The van der Waals surface area contributed by atoms with Gasteiger partial charge >= 0.3 is 0 Å². The van der Waals surface area contributed by atoms with E-state index in [9.17, 15) is 0 Å². The number of aryl methyl sites for hydroxylation is 1. The van der Waals surface area contributed by atoms with Gasteiger partial charge in [-0.3, -0.25) is 4.68 Å². The van der Waals surface area contributed by atoms with Crippen LogP contribution < -0.4 is 5.32 Å². The predicted octanol–water partition coefficient (Wildman–Crippen LogP) is 2.08. The van der Waals surface area contributed by atoms with Gasteiger partial charge < -0.3 is 5.32 Å². The number of halogens is 1. The molecule has 0 fully saturated rings. The molecule has 0 saturated carbocycles. The largest absolute Gasteiger partial charge is 0.364 e. The fourth-order valence-corrected chi connectivity index (χ4v) is 1.41. The fraction of sp³-hybridized carbons (Fsp3) is 0.200.